The molecule has 0 aliphatic carbocycles. The van der Waals surface area contributed by atoms with E-state index in [-0.39, 0.29) is 5.91 Å². The molecule has 17 heavy (non-hydrogen) atoms. The van der Waals surface area contributed by atoms with Crippen molar-refractivity contribution in [1.82, 2.24) is 5.32 Å². The summed E-state index contributed by atoms with van der Waals surface area (Å²) in [7, 11) is 0. The summed E-state index contributed by atoms with van der Waals surface area (Å²) < 4.78 is 1.82. The molecular formula is C11H12BrIN2OS. The highest BCUT2D eigenvalue weighted by atomic mass is 127. The van der Waals surface area contributed by atoms with E-state index in [1.54, 1.807) is 0 Å². The Morgan fingerprint density at radius 1 is 1.53 bits per heavy atom. The van der Waals surface area contributed by atoms with E-state index in [4.69, 9.17) is 18.0 Å². The van der Waals surface area contributed by atoms with Crippen LogP contribution in [0.4, 0.5) is 0 Å². The number of thiocarbonyl (C=S) groups is 1. The topological polar surface area (TPSA) is 55.1 Å². The Kier molecular flexibility index (Phi) is 6.35. The van der Waals surface area contributed by atoms with Crippen LogP contribution < -0.4 is 11.1 Å². The van der Waals surface area contributed by atoms with E-state index in [0.29, 0.717) is 23.5 Å². The van der Waals surface area contributed by atoms with E-state index in [1.807, 2.05) is 18.2 Å². The highest BCUT2D eigenvalue weighted by Gasteiger charge is 2.09. The Morgan fingerprint density at radius 3 is 2.88 bits per heavy atom. The molecule has 0 saturated carbocycles. The van der Waals surface area contributed by atoms with Crippen LogP contribution in [0.5, 0.6) is 0 Å². The van der Waals surface area contributed by atoms with Gasteiger partial charge in [-0.2, -0.15) is 0 Å². The summed E-state index contributed by atoms with van der Waals surface area (Å²) in [5, 5.41) is 2.83. The minimum atomic E-state index is -0.0849. The fourth-order valence-corrected chi connectivity index (χ4v) is 2.29. The number of rotatable bonds is 5. The zero-order valence-electron chi connectivity index (χ0n) is 9.00. The van der Waals surface area contributed by atoms with Gasteiger partial charge in [0.1, 0.15) is 0 Å². The van der Waals surface area contributed by atoms with Gasteiger partial charge in [-0.05, 0) is 69.6 Å². The van der Waals surface area contributed by atoms with Gasteiger partial charge in [-0.1, -0.05) is 12.2 Å². The second kappa shape index (κ2) is 7.27. The van der Waals surface area contributed by atoms with Gasteiger partial charge >= 0.3 is 0 Å². The lowest BCUT2D eigenvalue weighted by Gasteiger charge is -2.07. The van der Waals surface area contributed by atoms with Crippen molar-refractivity contribution < 1.29 is 4.79 Å². The van der Waals surface area contributed by atoms with Crippen molar-refractivity contribution in [2.45, 2.75) is 12.8 Å². The highest BCUT2D eigenvalue weighted by Crippen LogP contribution is 2.19. The average Bonchev–Trinajstić information content (AvgIpc) is 2.27. The number of halogens is 2. The Balaban J connectivity index is 2.52. The Hall–Kier alpha value is -0.210. The molecule has 0 aliphatic heterocycles. The fourth-order valence-electron chi connectivity index (χ4n) is 1.23. The van der Waals surface area contributed by atoms with Crippen molar-refractivity contribution in [2.75, 3.05) is 6.54 Å². The van der Waals surface area contributed by atoms with E-state index >= 15 is 0 Å². The molecule has 6 heteroatoms. The van der Waals surface area contributed by atoms with E-state index in [1.165, 1.54) is 0 Å². The van der Waals surface area contributed by atoms with E-state index in [9.17, 15) is 4.79 Å². The third-order valence-corrected chi connectivity index (χ3v) is 3.63. The molecule has 1 aromatic rings. The fraction of sp³-hybridized carbons (Fsp3) is 0.273. The number of nitrogens with one attached hydrogen (secondary N) is 1. The van der Waals surface area contributed by atoms with Gasteiger partial charge < -0.3 is 11.1 Å². The van der Waals surface area contributed by atoms with Crippen LogP contribution in [0.15, 0.2) is 22.7 Å². The van der Waals surface area contributed by atoms with Crippen LogP contribution in [-0.4, -0.2) is 17.4 Å². The van der Waals surface area contributed by atoms with E-state index < -0.39 is 0 Å². The molecule has 0 aliphatic rings. The first-order valence-corrected chi connectivity index (χ1v) is 7.30. The minimum Gasteiger partial charge on any atom is -0.393 e. The van der Waals surface area contributed by atoms with Gasteiger partial charge in [-0.3, -0.25) is 4.79 Å². The predicted octanol–water partition coefficient (Wildman–Crippen LogP) is 2.85. The number of hydrogen-bond acceptors (Lipinski definition) is 2. The molecule has 1 aromatic carbocycles. The Morgan fingerprint density at radius 2 is 2.24 bits per heavy atom. The normalized spacial score (nSPS) is 10.0. The van der Waals surface area contributed by atoms with Crippen LogP contribution in [-0.2, 0) is 0 Å². The lowest BCUT2D eigenvalue weighted by Crippen LogP contribution is -2.25. The quantitative estimate of drug-likeness (QED) is 0.432. The number of nitrogens with two attached hydrogens (primary N) is 1. The van der Waals surface area contributed by atoms with Crippen molar-refractivity contribution in [3.63, 3.8) is 0 Å². The predicted molar refractivity (Wildman–Crippen MR) is 85.2 cm³/mol. The monoisotopic (exact) mass is 426 g/mol. The first kappa shape index (κ1) is 14.8. The van der Waals surface area contributed by atoms with Gasteiger partial charge in [0.15, 0.2) is 0 Å². The first-order valence-electron chi connectivity index (χ1n) is 5.02. The summed E-state index contributed by atoms with van der Waals surface area (Å²) in [5.74, 6) is -0.0849. The van der Waals surface area contributed by atoms with Gasteiger partial charge in [-0.25, -0.2) is 0 Å². The number of amides is 1. The van der Waals surface area contributed by atoms with Crippen molar-refractivity contribution in [3.05, 3.63) is 31.8 Å². The minimum absolute atomic E-state index is 0.0849. The lowest BCUT2D eigenvalue weighted by molar-refractivity contribution is 0.0952. The van der Waals surface area contributed by atoms with Gasteiger partial charge in [0.05, 0.1) is 10.6 Å². The summed E-state index contributed by atoms with van der Waals surface area (Å²) in [6.07, 6.45) is 1.42. The molecule has 3 N–H and O–H groups in total. The average molecular weight is 427 g/mol. The summed E-state index contributed by atoms with van der Waals surface area (Å²) >= 11 is 10.3. The second-order valence-corrected chi connectivity index (χ2v) is 6.07. The maximum absolute atomic E-state index is 11.9. The van der Waals surface area contributed by atoms with Crippen molar-refractivity contribution in [1.29, 1.82) is 0 Å². The maximum atomic E-state index is 11.9. The molecule has 0 radical (unpaired) electrons. The molecule has 0 saturated heterocycles. The largest absolute Gasteiger partial charge is 0.393 e. The van der Waals surface area contributed by atoms with Crippen LogP contribution in [0.3, 0.4) is 0 Å². The molecule has 3 nitrogen and oxygen atoms in total. The molecule has 0 aromatic heterocycles. The van der Waals surface area contributed by atoms with Gasteiger partial charge in [0, 0.05) is 14.6 Å². The zero-order valence-corrected chi connectivity index (χ0v) is 13.6. The second-order valence-electron chi connectivity index (χ2n) is 3.45. The lowest BCUT2D eigenvalue weighted by atomic mass is 10.2. The molecule has 0 fully saturated rings. The van der Waals surface area contributed by atoms with Gasteiger partial charge in [-0.15, -0.1) is 0 Å². The van der Waals surface area contributed by atoms with Crippen molar-refractivity contribution in [3.8, 4) is 0 Å². The first-order chi connectivity index (χ1) is 8.00. The van der Waals surface area contributed by atoms with Gasteiger partial charge in [0.25, 0.3) is 5.91 Å². The van der Waals surface area contributed by atoms with Crippen molar-refractivity contribution in [2.24, 2.45) is 5.73 Å². The van der Waals surface area contributed by atoms with Crippen LogP contribution in [0.1, 0.15) is 23.2 Å². The van der Waals surface area contributed by atoms with E-state index in [2.05, 4.69) is 43.8 Å². The highest BCUT2D eigenvalue weighted by molar-refractivity contribution is 14.1. The summed E-state index contributed by atoms with van der Waals surface area (Å²) in [6.45, 7) is 0.577. The molecule has 1 rings (SSSR count). The number of benzene rings is 1. The van der Waals surface area contributed by atoms with Crippen molar-refractivity contribution >= 4 is 61.6 Å². The standard InChI is InChI=1S/C11H12BrIN2OS/c12-9-4-3-7(13)6-8(9)11(16)15-5-1-2-10(14)17/h3-4,6H,1-2,5H2,(H2,14,17)(H,15,16). The Bertz CT molecular complexity index is 439. The molecular weight excluding hydrogens is 415 g/mol. The maximum Gasteiger partial charge on any atom is 0.252 e. The smallest absolute Gasteiger partial charge is 0.252 e. The molecule has 0 spiro atoms. The zero-order chi connectivity index (χ0) is 12.8. The molecule has 0 bridgehead atoms. The van der Waals surface area contributed by atoms with E-state index in [0.717, 1.165) is 14.5 Å². The molecule has 0 heterocycles. The Labute approximate surface area is 128 Å². The summed E-state index contributed by atoms with van der Waals surface area (Å²) in [4.78, 5) is 12.3. The van der Waals surface area contributed by atoms with Crippen LogP contribution in [0, 0.1) is 3.57 Å². The number of carbonyl (C=O) groups excluding carboxylic acids is 1. The number of hydrogen-bond donors (Lipinski definition) is 2. The molecule has 0 atom stereocenters. The SMILES string of the molecule is NC(=S)CCCNC(=O)c1cc(I)ccc1Br. The summed E-state index contributed by atoms with van der Waals surface area (Å²) in [6, 6.07) is 5.65. The molecule has 92 valence electrons. The van der Waals surface area contributed by atoms with Crippen LogP contribution in [0.25, 0.3) is 0 Å². The molecule has 0 unspecified atom stereocenters. The summed E-state index contributed by atoms with van der Waals surface area (Å²) in [5.41, 5.74) is 6.02. The number of carbonyl (C=O) groups is 1. The third-order valence-electron chi connectivity index (χ3n) is 2.06. The molecule has 1 amide bonds. The van der Waals surface area contributed by atoms with Crippen LogP contribution >= 0.6 is 50.7 Å². The van der Waals surface area contributed by atoms with Gasteiger partial charge in [0.2, 0.25) is 0 Å². The third kappa shape index (κ3) is 5.31. The van der Waals surface area contributed by atoms with Crippen LogP contribution in [0.2, 0.25) is 0 Å².